The van der Waals surface area contributed by atoms with Crippen molar-refractivity contribution in [1.29, 1.82) is 0 Å². The van der Waals surface area contributed by atoms with Gasteiger partial charge in [-0.15, -0.1) is 0 Å². The lowest BCUT2D eigenvalue weighted by atomic mass is 9.87. The van der Waals surface area contributed by atoms with Crippen LogP contribution in [0.25, 0.3) is 0 Å². The lowest BCUT2D eigenvalue weighted by molar-refractivity contribution is -0.246. The second kappa shape index (κ2) is 10.9. The number of nitrogens with zero attached hydrogens (tertiary/aromatic N) is 3. The van der Waals surface area contributed by atoms with E-state index in [2.05, 4.69) is 36.4 Å². The molecule has 8 heteroatoms. The third-order valence-corrected chi connectivity index (χ3v) is 5.79. The maximum atomic E-state index is 13.0. The van der Waals surface area contributed by atoms with Crippen molar-refractivity contribution >= 4 is 11.8 Å². The molecule has 0 saturated carbocycles. The summed E-state index contributed by atoms with van der Waals surface area (Å²) in [5.41, 5.74) is 1.59. The van der Waals surface area contributed by atoms with Crippen molar-refractivity contribution in [2.75, 3.05) is 26.2 Å². The molecule has 0 aromatic heterocycles. The van der Waals surface area contributed by atoms with E-state index in [9.17, 15) is 18.0 Å². The Hall–Kier alpha value is -2.25. The number of rotatable bonds is 7. The van der Waals surface area contributed by atoms with Crippen molar-refractivity contribution in [3.05, 3.63) is 35.7 Å². The predicted octanol–water partition coefficient (Wildman–Crippen LogP) is 5.95. The molecule has 1 saturated heterocycles. The summed E-state index contributed by atoms with van der Waals surface area (Å²) in [5, 5.41) is 0. The molecule has 1 amide bonds. The van der Waals surface area contributed by atoms with Crippen LogP contribution in [0, 0.1) is 5.92 Å². The number of hydrogen-bond donors (Lipinski definition) is 0. The average molecular weight is 444 g/mol. The first-order valence-corrected chi connectivity index (χ1v) is 10.6. The minimum Gasteiger partial charge on any atom is -0.434 e. The highest BCUT2D eigenvalue weighted by molar-refractivity contribution is 6.03. The number of halogens is 3. The Morgan fingerprint density at radius 3 is 2.10 bits per heavy atom. The Morgan fingerprint density at radius 2 is 1.68 bits per heavy atom. The van der Waals surface area contributed by atoms with Crippen LogP contribution in [0.1, 0.15) is 54.9 Å². The zero-order valence-corrected chi connectivity index (χ0v) is 19.8. The van der Waals surface area contributed by atoms with E-state index in [0.29, 0.717) is 19.0 Å². The van der Waals surface area contributed by atoms with Gasteiger partial charge in [0.2, 0.25) is 5.60 Å². The molecule has 31 heavy (non-hydrogen) atoms. The highest BCUT2D eigenvalue weighted by Crippen LogP contribution is 2.33. The molecule has 1 atom stereocenters. The summed E-state index contributed by atoms with van der Waals surface area (Å²) >= 11 is 0. The molecule has 176 valence electrons. The third-order valence-electron chi connectivity index (χ3n) is 5.79. The largest absolute Gasteiger partial charge is 0.434 e. The van der Waals surface area contributed by atoms with Crippen LogP contribution in [0.15, 0.2) is 40.7 Å². The summed E-state index contributed by atoms with van der Waals surface area (Å²) in [6.07, 6.45) is -0.974. The number of hydrogen-bond acceptors (Lipinski definition) is 4. The molecule has 5 nitrogen and oxygen atoms in total. The number of aliphatic imine (C=N–C) groups is 1. The third kappa shape index (κ3) is 6.61. The van der Waals surface area contributed by atoms with Gasteiger partial charge in [-0.2, -0.15) is 13.2 Å². The Morgan fingerprint density at radius 1 is 1.16 bits per heavy atom. The molecule has 0 spiro atoms. The van der Waals surface area contributed by atoms with E-state index in [1.54, 1.807) is 0 Å². The molecule has 0 bridgehead atoms. The van der Waals surface area contributed by atoms with Gasteiger partial charge < -0.3 is 14.5 Å². The highest BCUT2D eigenvalue weighted by atomic mass is 19.4. The Bertz CT molecular complexity index is 744. The van der Waals surface area contributed by atoms with E-state index in [0.717, 1.165) is 37.3 Å². The molecule has 0 N–H and O–H groups in total. The van der Waals surface area contributed by atoms with Gasteiger partial charge in [-0.25, -0.2) is 4.79 Å². The van der Waals surface area contributed by atoms with Crippen molar-refractivity contribution in [2.45, 2.75) is 66.7 Å². The van der Waals surface area contributed by atoms with Gasteiger partial charge in [-0.05, 0) is 52.5 Å². The molecule has 1 fully saturated rings. The van der Waals surface area contributed by atoms with Gasteiger partial charge in [0.05, 0.1) is 0 Å². The zero-order valence-electron chi connectivity index (χ0n) is 19.8. The predicted molar refractivity (Wildman–Crippen MR) is 119 cm³/mol. The van der Waals surface area contributed by atoms with Crippen LogP contribution in [-0.2, 0) is 4.74 Å². The molecule has 1 unspecified atom stereocenters. The smallest absolute Gasteiger partial charge is 0.427 e. The van der Waals surface area contributed by atoms with E-state index in [1.807, 2.05) is 20.8 Å². The van der Waals surface area contributed by atoms with E-state index >= 15 is 0 Å². The van der Waals surface area contributed by atoms with Crippen molar-refractivity contribution in [1.82, 2.24) is 9.80 Å². The topological polar surface area (TPSA) is 45.1 Å². The molecular formula is C23H36F3N3O2. The first kappa shape index (κ1) is 26.8. The van der Waals surface area contributed by atoms with Gasteiger partial charge in [-0.3, -0.25) is 4.99 Å². The fourth-order valence-electron chi connectivity index (χ4n) is 3.50. The molecule has 0 aromatic rings. The number of alkyl halides is 3. The fourth-order valence-corrected chi connectivity index (χ4v) is 3.50. The molecule has 0 aliphatic carbocycles. The maximum Gasteiger partial charge on any atom is 0.427 e. The molecular weight excluding hydrogens is 407 g/mol. The second-order valence-corrected chi connectivity index (χ2v) is 8.26. The number of allylic oxidation sites excluding steroid dienone is 4. The Balaban J connectivity index is 3.06. The number of carbonyl (C=O) groups is 1. The van der Waals surface area contributed by atoms with Crippen molar-refractivity contribution in [3.8, 4) is 0 Å². The second-order valence-electron chi connectivity index (χ2n) is 8.26. The average Bonchev–Trinajstić information content (AvgIpc) is 2.69. The standard InChI is InChI=1S/C23H36F3N3O2/c1-9-16(4)19(10-2)20(17(5)27-11-3)18(6)28-12-14-29(15-13-28)21(30)31-22(7,8)23(24,25)26/h10-11,16H,3,9,12-15H2,1-2,4-8H3/b19-10-,20-18-,27-17-. The normalized spacial score (nSPS) is 18.5. The van der Waals surface area contributed by atoms with Crippen LogP contribution in [0.2, 0.25) is 0 Å². The molecule has 1 rings (SSSR count). The summed E-state index contributed by atoms with van der Waals surface area (Å²) < 4.78 is 43.8. The fraction of sp³-hybridized carbons (Fsp3) is 0.652. The summed E-state index contributed by atoms with van der Waals surface area (Å²) in [7, 11) is 0. The van der Waals surface area contributed by atoms with Crippen molar-refractivity contribution < 1.29 is 22.7 Å². The highest BCUT2D eigenvalue weighted by Gasteiger charge is 2.51. The lowest BCUT2D eigenvalue weighted by Crippen LogP contribution is -2.52. The van der Waals surface area contributed by atoms with Crippen LogP contribution < -0.4 is 0 Å². The van der Waals surface area contributed by atoms with Gasteiger partial charge >= 0.3 is 12.3 Å². The van der Waals surface area contributed by atoms with Gasteiger partial charge in [0, 0.05) is 49.4 Å². The van der Waals surface area contributed by atoms with Gasteiger partial charge in [0.25, 0.3) is 0 Å². The van der Waals surface area contributed by atoms with E-state index in [-0.39, 0.29) is 13.1 Å². The molecule has 1 aliphatic heterocycles. The van der Waals surface area contributed by atoms with Gasteiger partial charge in [-0.1, -0.05) is 26.5 Å². The van der Waals surface area contributed by atoms with E-state index < -0.39 is 17.9 Å². The Kier molecular flexibility index (Phi) is 9.39. The summed E-state index contributed by atoms with van der Waals surface area (Å²) in [4.78, 5) is 20.1. The summed E-state index contributed by atoms with van der Waals surface area (Å²) in [6, 6.07) is 0. The summed E-state index contributed by atoms with van der Waals surface area (Å²) in [6.45, 7) is 17.2. The summed E-state index contributed by atoms with van der Waals surface area (Å²) in [5.74, 6) is 0.339. The number of ether oxygens (including phenoxy) is 1. The zero-order chi connectivity index (χ0) is 24.0. The first-order chi connectivity index (χ1) is 14.3. The van der Waals surface area contributed by atoms with Gasteiger partial charge in [0.15, 0.2) is 0 Å². The molecule has 0 aromatic carbocycles. The van der Waals surface area contributed by atoms with Crippen molar-refractivity contribution in [2.24, 2.45) is 10.9 Å². The molecule has 1 aliphatic rings. The van der Waals surface area contributed by atoms with Crippen LogP contribution in [0.4, 0.5) is 18.0 Å². The Labute approximate surface area is 184 Å². The molecule has 1 heterocycles. The first-order valence-electron chi connectivity index (χ1n) is 10.6. The monoisotopic (exact) mass is 443 g/mol. The maximum absolute atomic E-state index is 13.0. The van der Waals surface area contributed by atoms with Crippen LogP contribution >= 0.6 is 0 Å². The van der Waals surface area contributed by atoms with Crippen LogP contribution in [-0.4, -0.2) is 59.6 Å². The van der Waals surface area contributed by atoms with Crippen LogP contribution in [0.3, 0.4) is 0 Å². The van der Waals surface area contributed by atoms with E-state index in [1.165, 1.54) is 16.7 Å². The lowest BCUT2D eigenvalue weighted by Gasteiger charge is -2.39. The minimum atomic E-state index is -4.63. The number of amides is 1. The number of carbonyl (C=O) groups excluding carboxylic acids is 1. The minimum absolute atomic E-state index is 0.281. The van der Waals surface area contributed by atoms with Gasteiger partial charge in [0.1, 0.15) is 0 Å². The quantitative estimate of drug-likeness (QED) is 0.361. The molecule has 0 radical (unpaired) electrons. The van der Waals surface area contributed by atoms with Crippen molar-refractivity contribution in [3.63, 3.8) is 0 Å². The van der Waals surface area contributed by atoms with Crippen LogP contribution in [0.5, 0.6) is 0 Å². The number of piperazine rings is 1. The van der Waals surface area contributed by atoms with E-state index in [4.69, 9.17) is 4.74 Å². The SMILES string of the molecule is C=C\N=C(C)/C(C(=C\C)/C(C)CC)=C(\C)N1CCN(C(=O)OC(C)(C)C(F)(F)F)CC1.